The first-order chi connectivity index (χ1) is 8.56. The van der Waals surface area contributed by atoms with Gasteiger partial charge in [-0.2, -0.15) is 0 Å². The molecule has 1 N–H and O–H groups in total. The molecular formula is C14H12BrClO2. The first-order valence-corrected chi connectivity index (χ1v) is 6.64. The highest BCUT2D eigenvalue weighted by Crippen LogP contribution is 2.30. The normalized spacial score (nSPS) is 12.2. The molecule has 2 aromatic carbocycles. The van der Waals surface area contributed by atoms with E-state index < -0.39 is 6.10 Å². The summed E-state index contributed by atoms with van der Waals surface area (Å²) < 4.78 is 6.50. The van der Waals surface area contributed by atoms with E-state index in [4.69, 9.17) is 16.3 Å². The van der Waals surface area contributed by atoms with E-state index in [1.807, 2.05) is 30.3 Å². The van der Waals surface area contributed by atoms with Crippen molar-refractivity contribution in [2.24, 2.45) is 0 Å². The number of halogens is 2. The number of aliphatic hydroxyl groups is 1. The van der Waals surface area contributed by atoms with Crippen molar-refractivity contribution in [2.45, 2.75) is 13.0 Å². The molecule has 0 aliphatic carbocycles. The van der Waals surface area contributed by atoms with Crippen LogP contribution >= 0.6 is 27.5 Å². The zero-order chi connectivity index (χ0) is 13.1. The zero-order valence-corrected chi connectivity index (χ0v) is 12.1. The van der Waals surface area contributed by atoms with Crippen molar-refractivity contribution in [1.82, 2.24) is 0 Å². The van der Waals surface area contributed by atoms with Crippen LogP contribution in [0.1, 0.15) is 18.6 Å². The summed E-state index contributed by atoms with van der Waals surface area (Å²) in [4.78, 5) is 0. The van der Waals surface area contributed by atoms with Gasteiger partial charge >= 0.3 is 0 Å². The van der Waals surface area contributed by atoms with Crippen molar-refractivity contribution in [3.63, 3.8) is 0 Å². The first kappa shape index (κ1) is 13.4. The minimum absolute atomic E-state index is 0.514. The summed E-state index contributed by atoms with van der Waals surface area (Å²) in [5, 5.41) is 10.2. The molecule has 18 heavy (non-hydrogen) atoms. The van der Waals surface area contributed by atoms with Gasteiger partial charge in [0.25, 0.3) is 0 Å². The SMILES string of the molecule is C[C@@H](O)c1ccc(Oc2cccc(Cl)c2)cc1Br. The van der Waals surface area contributed by atoms with Crippen LogP contribution in [0.4, 0.5) is 0 Å². The number of benzene rings is 2. The van der Waals surface area contributed by atoms with Gasteiger partial charge in [-0.05, 0) is 42.8 Å². The van der Waals surface area contributed by atoms with Crippen LogP contribution in [-0.4, -0.2) is 5.11 Å². The second kappa shape index (κ2) is 5.74. The fraction of sp³-hybridized carbons (Fsp3) is 0.143. The van der Waals surface area contributed by atoms with Crippen LogP contribution in [0.15, 0.2) is 46.9 Å². The molecule has 0 unspecified atom stereocenters. The first-order valence-electron chi connectivity index (χ1n) is 5.47. The molecule has 0 aliphatic heterocycles. The number of rotatable bonds is 3. The molecule has 0 saturated carbocycles. The summed E-state index contributed by atoms with van der Waals surface area (Å²) in [7, 11) is 0. The van der Waals surface area contributed by atoms with Crippen molar-refractivity contribution < 1.29 is 9.84 Å². The van der Waals surface area contributed by atoms with E-state index >= 15 is 0 Å². The molecule has 0 fully saturated rings. The molecule has 2 nitrogen and oxygen atoms in total. The fourth-order valence-corrected chi connectivity index (χ4v) is 2.45. The number of aliphatic hydroxyl groups excluding tert-OH is 1. The standard InChI is InChI=1S/C14H12BrClO2/c1-9(17)13-6-5-12(8-14(13)15)18-11-4-2-3-10(16)7-11/h2-9,17H,1H3/t9-/m1/s1. The van der Waals surface area contributed by atoms with Crippen LogP contribution in [-0.2, 0) is 0 Å². The number of hydrogen-bond donors (Lipinski definition) is 1. The molecule has 2 rings (SSSR count). The number of hydrogen-bond acceptors (Lipinski definition) is 2. The average molecular weight is 328 g/mol. The molecule has 0 spiro atoms. The van der Waals surface area contributed by atoms with Gasteiger partial charge in [0.1, 0.15) is 11.5 Å². The summed E-state index contributed by atoms with van der Waals surface area (Å²) in [6.07, 6.45) is -0.514. The van der Waals surface area contributed by atoms with Crippen molar-refractivity contribution >= 4 is 27.5 Å². The van der Waals surface area contributed by atoms with Crippen LogP contribution in [0.2, 0.25) is 5.02 Å². The maximum atomic E-state index is 9.53. The van der Waals surface area contributed by atoms with Crippen LogP contribution in [0.3, 0.4) is 0 Å². The molecule has 0 radical (unpaired) electrons. The Morgan fingerprint density at radius 2 is 1.89 bits per heavy atom. The largest absolute Gasteiger partial charge is 0.457 e. The highest BCUT2D eigenvalue weighted by Gasteiger charge is 2.07. The van der Waals surface area contributed by atoms with Gasteiger partial charge in [0, 0.05) is 9.50 Å². The average Bonchev–Trinajstić information content (AvgIpc) is 2.28. The smallest absolute Gasteiger partial charge is 0.128 e. The van der Waals surface area contributed by atoms with Crippen molar-refractivity contribution in [1.29, 1.82) is 0 Å². The fourth-order valence-electron chi connectivity index (χ4n) is 1.58. The Morgan fingerprint density at radius 1 is 1.17 bits per heavy atom. The van der Waals surface area contributed by atoms with E-state index in [9.17, 15) is 5.11 Å². The summed E-state index contributed by atoms with van der Waals surface area (Å²) in [6.45, 7) is 1.72. The molecule has 0 saturated heterocycles. The van der Waals surface area contributed by atoms with Crippen LogP contribution in [0, 0.1) is 0 Å². The van der Waals surface area contributed by atoms with E-state index in [1.54, 1.807) is 19.1 Å². The summed E-state index contributed by atoms with van der Waals surface area (Å²) in [5.74, 6) is 1.37. The van der Waals surface area contributed by atoms with Crippen molar-refractivity contribution in [2.75, 3.05) is 0 Å². The minimum atomic E-state index is -0.514. The molecule has 0 heterocycles. The quantitative estimate of drug-likeness (QED) is 0.864. The van der Waals surface area contributed by atoms with E-state index in [0.717, 1.165) is 10.0 Å². The van der Waals surface area contributed by atoms with Gasteiger partial charge in [0.15, 0.2) is 0 Å². The Morgan fingerprint density at radius 3 is 2.50 bits per heavy atom. The Bertz CT molecular complexity index is 555. The third kappa shape index (κ3) is 3.25. The predicted molar refractivity (Wildman–Crippen MR) is 76.3 cm³/mol. The monoisotopic (exact) mass is 326 g/mol. The molecule has 0 amide bonds. The molecular weight excluding hydrogens is 316 g/mol. The molecule has 1 atom stereocenters. The highest BCUT2D eigenvalue weighted by atomic mass is 79.9. The lowest BCUT2D eigenvalue weighted by molar-refractivity contribution is 0.198. The van der Waals surface area contributed by atoms with Gasteiger partial charge in [-0.3, -0.25) is 0 Å². The van der Waals surface area contributed by atoms with Gasteiger partial charge in [0.05, 0.1) is 6.10 Å². The lowest BCUT2D eigenvalue weighted by atomic mass is 10.1. The van der Waals surface area contributed by atoms with Gasteiger partial charge in [-0.1, -0.05) is 39.7 Å². The van der Waals surface area contributed by atoms with Crippen LogP contribution in [0.5, 0.6) is 11.5 Å². The van der Waals surface area contributed by atoms with Crippen molar-refractivity contribution in [3.05, 3.63) is 57.5 Å². The second-order valence-corrected chi connectivity index (χ2v) is 5.21. The number of ether oxygens (including phenoxy) is 1. The molecule has 4 heteroatoms. The molecule has 0 aliphatic rings. The topological polar surface area (TPSA) is 29.5 Å². The summed E-state index contributed by atoms with van der Waals surface area (Å²) >= 11 is 9.30. The predicted octanol–water partition coefficient (Wildman–Crippen LogP) is 4.95. The van der Waals surface area contributed by atoms with Crippen LogP contribution < -0.4 is 4.74 Å². The molecule has 0 bridgehead atoms. The Balaban J connectivity index is 2.23. The third-order valence-corrected chi connectivity index (χ3v) is 3.38. The lowest BCUT2D eigenvalue weighted by Gasteiger charge is -2.10. The summed E-state index contributed by atoms with van der Waals surface area (Å²) in [6, 6.07) is 12.7. The zero-order valence-electron chi connectivity index (χ0n) is 9.73. The summed E-state index contributed by atoms with van der Waals surface area (Å²) in [5.41, 5.74) is 0.827. The molecule has 2 aromatic rings. The van der Waals surface area contributed by atoms with Gasteiger partial charge in [0.2, 0.25) is 0 Å². The maximum Gasteiger partial charge on any atom is 0.128 e. The van der Waals surface area contributed by atoms with E-state index in [0.29, 0.717) is 16.5 Å². The van der Waals surface area contributed by atoms with E-state index in [-0.39, 0.29) is 0 Å². The highest BCUT2D eigenvalue weighted by molar-refractivity contribution is 9.10. The van der Waals surface area contributed by atoms with E-state index in [2.05, 4.69) is 15.9 Å². The molecule has 94 valence electrons. The molecule has 0 aromatic heterocycles. The van der Waals surface area contributed by atoms with Crippen LogP contribution in [0.25, 0.3) is 0 Å². The van der Waals surface area contributed by atoms with Crippen molar-refractivity contribution in [3.8, 4) is 11.5 Å². The van der Waals surface area contributed by atoms with E-state index in [1.165, 1.54) is 0 Å². The Labute approximate surface area is 119 Å². The second-order valence-electron chi connectivity index (χ2n) is 3.92. The van der Waals surface area contributed by atoms with Gasteiger partial charge in [-0.25, -0.2) is 0 Å². The third-order valence-electron chi connectivity index (χ3n) is 2.45. The Kier molecular flexibility index (Phi) is 4.27. The van der Waals surface area contributed by atoms with Gasteiger partial charge in [-0.15, -0.1) is 0 Å². The Hall–Kier alpha value is -1.03. The minimum Gasteiger partial charge on any atom is -0.457 e. The lowest BCUT2D eigenvalue weighted by Crippen LogP contribution is -1.93. The van der Waals surface area contributed by atoms with Gasteiger partial charge < -0.3 is 9.84 Å². The maximum absolute atomic E-state index is 9.53.